The Morgan fingerprint density at radius 3 is 2.44 bits per heavy atom. The van der Waals surface area contributed by atoms with Gasteiger partial charge in [0.1, 0.15) is 18.1 Å². The number of benzene rings is 3. The van der Waals surface area contributed by atoms with Crippen LogP contribution in [0.2, 0.25) is 10.0 Å². The quantitative estimate of drug-likeness (QED) is 0.384. The molecule has 32 heavy (non-hydrogen) atoms. The number of hydrogen-bond acceptors (Lipinski definition) is 5. The summed E-state index contributed by atoms with van der Waals surface area (Å²) in [6.45, 7) is 2.16. The van der Waals surface area contributed by atoms with Gasteiger partial charge in [-0.2, -0.15) is 0 Å². The molecule has 164 valence electrons. The number of halogens is 2. The second kappa shape index (κ2) is 9.15. The Morgan fingerprint density at radius 1 is 0.938 bits per heavy atom. The van der Waals surface area contributed by atoms with Crippen molar-refractivity contribution in [3.8, 4) is 23.0 Å². The van der Waals surface area contributed by atoms with Crippen molar-refractivity contribution in [2.45, 2.75) is 13.5 Å². The van der Waals surface area contributed by atoms with E-state index in [1.165, 1.54) is 0 Å². The normalized spacial score (nSPS) is 13.7. The zero-order chi connectivity index (χ0) is 22.8. The lowest BCUT2D eigenvalue weighted by molar-refractivity contribution is 0.101. The number of allylic oxidation sites excluding steroid dienone is 1. The van der Waals surface area contributed by atoms with Gasteiger partial charge in [0.25, 0.3) is 0 Å². The largest absolute Gasteiger partial charge is 0.493 e. The van der Waals surface area contributed by atoms with Gasteiger partial charge >= 0.3 is 0 Å². The van der Waals surface area contributed by atoms with Crippen LogP contribution in [0.1, 0.15) is 27.0 Å². The number of fused-ring (bicyclic) bond motifs is 1. The van der Waals surface area contributed by atoms with E-state index in [0.717, 1.165) is 16.7 Å². The highest BCUT2D eigenvalue weighted by Crippen LogP contribution is 2.38. The number of carbonyl (C=O) groups is 1. The highest BCUT2D eigenvalue weighted by Gasteiger charge is 2.30. The van der Waals surface area contributed by atoms with Crippen molar-refractivity contribution in [1.82, 2.24) is 0 Å². The van der Waals surface area contributed by atoms with Crippen LogP contribution < -0.4 is 18.9 Å². The zero-order valence-corrected chi connectivity index (χ0v) is 19.2. The molecule has 0 fully saturated rings. The van der Waals surface area contributed by atoms with Crippen molar-refractivity contribution in [3.05, 3.63) is 86.6 Å². The van der Waals surface area contributed by atoms with Crippen LogP contribution in [0.15, 0.2) is 54.3 Å². The maximum Gasteiger partial charge on any atom is 0.232 e. The maximum atomic E-state index is 12.9. The molecule has 0 radical (unpaired) electrons. The lowest BCUT2D eigenvalue weighted by Crippen LogP contribution is -2.00. The van der Waals surface area contributed by atoms with Crippen LogP contribution in [-0.2, 0) is 6.61 Å². The highest BCUT2D eigenvalue weighted by atomic mass is 35.5. The van der Waals surface area contributed by atoms with Crippen molar-refractivity contribution in [3.63, 3.8) is 0 Å². The number of rotatable bonds is 6. The Labute approximate surface area is 196 Å². The standard InChI is InChI=1S/C25H20Cl2O5/c1-14-8-17(31-13-16-4-6-18(26)19(27)9-16)12-22-24(14)25(28)23(32-22)11-15-5-7-20(29-2)21(10-15)30-3/h4-12H,13H2,1-3H3/b23-11-. The number of ketones is 1. The molecule has 0 amide bonds. The molecule has 0 saturated heterocycles. The Hall–Kier alpha value is -3.15. The molecule has 0 aromatic heterocycles. The molecule has 1 aliphatic heterocycles. The van der Waals surface area contributed by atoms with Crippen LogP contribution in [0.25, 0.3) is 6.08 Å². The fraction of sp³-hybridized carbons (Fsp3) is 0.160. The summed E-state index contributed by atoms with van der Waals surface area (Å²) in [6, 6.07) is 14.2. The summed E-state index contributed by atoms with van der Waals surface area (Å²) in [5, 5.41) is 0.960. The highest BCUT2D eigenvalue weighted by molar-refractivity contribution is 6.42. The van der Waals surface area contributed by atoms with E-state index in [-0.39, 0.29) is 11.5 Å². The molecule has 0 aliphatic carbocycles. The van der Waals surface area contributed by atoms with Crippen LogP contribution in [0.4, 0.5) is 0 Å². The van der Waals surface area contributed by atoms with E-state index in [1.807, 2.05) is 25.1 Å². The van der Waals surface area contributed by atoms with Crippen LogP contribution >= 0.6 is 23.2 Å². The fourth-order valence-electron chi connectivity index (χ4n) is 3.45. The molecule has 1 heterocycles. The Balaban J connectivity index is 1.56. The van der Waals surface area contributed by atoms with Crippen molar-refractivity contribution in [1.29, 1.82) is 0 Å². The summed E-state index contributed by atoms with van der Waals surface area (Å²) in [6.07, 6.45) is 1.68. The average Bonchev–Trinajstić information content (AvgIpc) is 3.09. The number of Topliss-reactive ketones (excluding diaryl/α,β-unsaturated/α-hetero) is 1. The second-order valence-electron chi connectivity index (χ2n) is 7.20. The Kier molecular flexibility index (Phi) is 6.31. The van der Waals surface area contributed by atoms with E-state index in [2.05, 4.69) is 0 Å². The first kappa shape index (κ1) is 22.1. The van der Waals surface area contributed by atoms with Gasteiger partial charge in [-0.15, -0.1) is 0 Å². The minimum absolute atomic E-state index is 0.177. The molecule has 0 atom stereocenters. The maximum absolute atomic E-state index is 12.9. The summed E-state index contributed by atoms with van der Waals surface area (Å²) < 4.78 is 22.4. The molecule has 0 N–H and O–H groups in total. The van der Waals surface area contributed by atoms with Crippen LogP contribution in [-0.4, -0.2) is 20.0 Å². The van der Waals surface area contributed by atoms with E-state index < -0.39 is 0 Å². The molecule has 3 aromatic carbocycles. The summed E-state index contributed by atoms with van der Waals surface area (Å²) in [7, 11) is 3.13. The summed E-state index contributed by atoms with van der Waals surface area (Å²) >= 11 is 12.0. The van der Waals surface area contributed by atoms with Gasteiger partial charge in [0.05, 0.1) is 29.8 Å². The molecular formula is C25H20Cl2O5. The number of ether oxygens (including phenoxy) is 4. The predicted octanol–water partition coefficient (Wildman–Crippen LogP) is 6.51. The third kappa shape index (κ3) is 4.40. The molecule has 3 aromatic rings. The van der Waals surface area contributed by atoms with Crippen LogP contribution in [0, 0.1) is 6.92 Å². The van der Waals surface area contributed by atoms with Gasteiger partial charge in [0.2, 0.25) is 5.78 Å². The molecule has 5 nitrogen and oxygen atoms in total. The van der Waals surface area contributed by atoms with E-state index in [1.54, 1.807) is 50.6 Å². The topological polar surface area (TPSA) is 54.0 Å². The minimum Gasteiger partial charge on any atom is -0.493 e. The van der Waals surface area contributed by atoms with Gasteiger partial charge in [-0.25, -0.2) is 0 Å². The molecule has 0 unspecified atom stereocenters. The summed E-state index contributed by atoms with van der Waals surface area (Å²) in [5.74, 6) is 2.29. The molecule has 1 aliphatic rings. The predicted molar refractivity (Wildman–Crippen MR) is 124 cm³/mol. The molecular weight excluding hydrogens is 451 g/mol. The smallest absolute Gasteiger partial charge is 0.232 e. The lowest BCUT2D eigenvalue weighted by Gasteiger charge is -2.10. The van der Waals surface area contributed by atoms with Gasteiger partial charge < -0.3 is 18.9 Å². The first-order valence-corrected chi connectivity index (χ1v) is 10.5. The second-order valence-corrected chi connectivity index (χ2v) is 8.02. The van der Waals surface area contributed by atoms with Crippen molar-refractivity contribution < 1.29 is 23.7 Å². The SMILES string of the molecule is COc1ccc(/C=C2\Oc3cc(OCc4ccc(Cl)c(Cl)c4)cc(C)c3C2=O)cc1OC. The van der Waals surface area contributed by atoms with Gasteiger partial charge in [-0.1, -0.05) is 35.3 Å². The molecule has 4 rings (SSSR count). The zero-order valence-electron chi connectivity index (χ0n) is 17.7. The number of hydrogen-bond donors (Lipinski definition) is 0. The van der Waals surface area contributed by atoms with Crippen LogP contribution in [0.3, 0.4) is 0 Å². The molecule has 0 spiro atoms. The van der Waals surface area contributed by atoms with Gasteiger partial charge in [0.15, 0.2) is 17.3 Å². The van der Waals surface area contributed by atoms with E-state index >= 15 is 0 Å². The Morgan fingerprint density at radius 2 is 1.72 bits per heavy atom. The average molecular weight is 471 g/mol. The summed E-state index contributed by atoms with van der Waals surface area (Å²) in [5.41, 5.74) is 2.93. The fourth-order valence-corrected chi connectivity index (χ4v) is 3.77. The van der Waals surface area contributed by atoms with Crippen LogP contribution in [0.5, 0.6) is 23.0 Å². The van der Waals surface area contributed by atoms with Gasteiger partial charge in [-0.05, 0) is 60.0 Å². The molecule has 0 saturated carbocycles. The monoisotopic (exact) mass is 470 g/mol. The van der Waals surface area contributed by atoms with Gasteiger partial charge in [-0.3, -0.25) is 4.79 Å². The van der Waals surface area contributed by atoms with Gasteiger partial charge in [0, 0.05) is 6.07 Å². The summed E-state index contributed by atoms with van der Waals surface area (Å²) in [4.78, 5) is 12.9. The lowest BCUT2D eigenvalue weighted by atomic mass is 10.0. The number of methoxy groups -OCH3 is 2. The first-order chi connectivity index (χ1) is 15.4. The van der Waals surface area contributed by atoms with Crippen molar-refractivity contribution in [2.75, 3.05) is 14.2 Å². The van der Waals surface area contributed by atoms with E-state index in [4.69, 9.17) is 42.1 Å². The molecule has 0 bridgehead atoms. The number of aryl methyl sites for hydroxylation is 1. The third-order valence-corrected chi connectivity index (χ3v) is 5.78. The number of carbonyl (C=O) groups excluding carboxylic acids is 1. The minimum atomic E-state index is -0.177. The first-order valence-electron chi connectivity index (χ1n) is 9.77. The van der Waals surface area contributed by atoms with Crippen molar-refractivity contribution >= 4 is 35.1 Å². The van der Waals surface area contributed by atoms with E-state index in [0.29, 0.717) is 45.2 Å². The van der Waals surface area contributed by atoms with Crippen molar-refractivity contribution in [2.24, 2.45) is 0 Å². The third-order valence-electron chi connectivity index (χ3n) is 5.04. The Bertz CT molecular complexity index is 1230. The molecule has 7 heteroatoms. The van der Waals surface area contributed by atoms with E-state index in [9.17, 15) is 4.79 Å².